The molecule has 2 aromatic carbocycles. The number of hydrogen-bond acceptors (Lipinski definition) is 3. The zero-order valence-corrected chi connectivity index (χ0v) is 15.9. The summed E-state index contributed by atoms with van der Waals surface area (Å²) in [5.74, 6) is -1.31. The SMILES string of the molecule is Cc1ccc(C(O)=C2C(=O)C(=O)N(CC[NH+](C)C)[C@H]2c2ccccc2)cc1. The third kappa shape index (κ3) is 3.78. The summed E-state index contributed by atoms with van der Waals surface area (Å²) in [5.41, 5.74) is 2.57. The number of carbonyl (C=O) groups excluding carboxylic acids is 2. The Morgan fingerprint density at radius 1 is 1.04 bits per heavy atom. The molecule has 140 valence electrons. The fourth-order valence-electron chi connectivity index (χ4n) is 3.30. The molecule has 1 aliphatic heterocycles. The van der Waals surface area contributed by atoms with Gasteiger partial charge in [0.2, 0.25) is 0 Å². The van der Waals surface area contributed by atoms with Crippen LogP contribution >= 0.6 is 0 Å². The fourth-order valence-corrected chi connectivity index (χ4v) is 3.30. The first kappa shape index (κ1) is 18.9. The third-order valence-electron chi connectivity index (χ3n) is 4.83. The van der Waals surface area contributed by atoms with Crippen molar-refractivity contribution in [3.05, 3.63) is 76.9 Å². The summed E-state index contributed by atoms with van der Waals surface area (Å²) in [4.78, 5) is 28.3. The summed E-state index contributed by atoms with van der Waals surface area (Å²) in [7, 11) is 4.00. The van der Waals surface area contributed by atoms with Gasteiger partial charge in [-0.2, -0.15) is 0 Å². The number of benzene rings is 2. The van der Waals surface area contributed by atoms with Crippen LogP contribution in [0.5, 0.6) is 0 Å². The number of quaternary nitrogens is 1. The molecule has 0 radical (unpaired) electrons. The number of likely N-dealkylation sites (N-methyl/N-ethyl adjacent to an activating group) is 1. The number of likely N-dealkylation sites (tertiary alicyclic amines) is 1. The van der Waals surface area contributed by atoms with Crippen molar-refractivity contribution in [1.29, 1.82) is 0 Å². The standard InChI is InChI=1S/C22H24N2O3/c1-15-9-11-17(12-10-15)20(25)18-19(16-7-5-4-6-8-16)24(14-13-23(2)3)22(27)21(18)26/h4-12,19,25H,13-14H2,1-3H3/p+1/t19-/m0/s1. The van der Waals surface area contributed by atoms with Crippen molar-refractivity contribution in [3.8, 4) is 0 Å². The lowest BCUT2D eigenvalue weighted by Crippen LogP contribution is -3.06. The van der Waals surface area contributed by atoms with Gasteiger partial charge in [-0.05, 0) is 12.5 Å². The molecule has 0 aromatic heterocycles. The minimum Gasteiger partial charge on any atom is -0.507 e. The van der Waals surface area contributed by atoms with Crippen LogP contribution in [0.15, 0.2) is 60.2 Å². The van der Waals surface area contributed by atoms with E-state index >= 15 is 0 Å². The second-order valence-electron chi connectivity index (χ2n) is 7.23. The molecule has 5 heteroatoms. The number of aliphatic hydroxyl groups excluding tert-OH is 1. The third-order valence-corrected chi connectivity index (χ3v) is 4.83. The van der Waals surface area contributed by atoms with E-state index in [9.17, 15) is 14.7 Å². The maximum Gasteiger partial charge on any atom is 0.295 e. The molecule has 3 rings (SSSR count). The van der Waals surface area contributed by atoms with Gasteiger partial charge in [-0.3, -0.25) is 9.59 Å². The Labute approximate surface area is 159 Å². The summed E-state index contributed by atoms with van der Waals surface area (Å²) in [6, 6.07) is 16.1. The lowest BCUT2D eigenvalue weighted by molar-refractivity contribution is -0.857. The summed E-state index contributed by atoms with van der Waals surface area (Å²) in [6.07, 6.45) is 0. The topological polar surface area (TPSA) is 62.0 Å². The number of carbonyl (C=O) groups is 2. The van der Waals surface area contributed by atoms with Gasteiger partial charge in [0.05, 0.1) is 38.8 Å². The average molecular weight is 365 g/mol. The van der Waals surface area contributed by atoms with Gasteiger partial charge in [-0.1, -0.05) is 60.2 Å². The highest BCUT2D eigenvalue weighted by molar-refractivity contribution is 6.46. The van der Waals surface area contributed by atoms with Crippen LogP contribution in [0.1, 0.15) is 22.7 Å². The molecule has 2 N–H and O–H groups in total. The summed E-state index contributed by atoms with van der Waals surface area (Å²) in [6.45, 7) is 3.11. The van der Waals surface area contributed by atoms with E-state index < -0.39 is 17.7 Å². The number of nitrogens with one attached hydrogen (secondary N) is 1. The Bertz CT molecular complexity index is 870. The Hall–Kier alpha value is -2.92. The van der Waals surface area contributed by atoms with E-state index in [1.807, 2.05) is 63.5 Å². The van der Waals surface area contributed by atoms with Crippen molar-refractivity contribution < 1.29 is 19.6 Å². The van der Waals surface area contributed by atoms with Gasteiger partial charge in [0, 0.05) is 5.56 Å². The van der Waals surface area contributed by atoms with E-state index in [0.717, 1.165) is 11.1 Å². The monoisotopic (exact) mass is 365 g/mol. The summed E-state index contributed by atoms with van der Waals surface area (Å²) >= 11 is 0. The van der Waals surface area contributed by atoms with Crippen LogP contribution < -0.4 is 4.90 Å². The second-order valence-corrected chi connectivity index (χ2v) is 7.23. The first-order chi connectivity index (χ1) is 12.9. The first-order valence-electron chi connectivity index (χ1n) is 9.09. The molecule has 0 bridgehead atoms. The maximum atomic E-state index is 12.8. The van der Waals surface area contributed by atoms with Crippen molar-refractivity contribution in [2.24, 2.45) is 0 Å². The number of aryl methyl sites for hydroxylation is 1. The van der Waals surface area contributed by atoms with Gasteiger partial charge in [0.15, 0.2) is 0 Å². The van der Waals surface area contributed by atoms with Crippen LogP contribution in [0.4, 0.5) is 0 Å². The van der Waals surface area contributed by atoms with Crippen molar-refractivity contribution >= 4 is 17.4 Å². The highest BCUT2D eigenvalue weighted by Crippen LogP contribution is 2.38. The molecule has 1 fully saturated rings. The summed E-state index contributed by atoms with van der Waals surface area (Å²) < 4.78 is 0. The molecule has 1 heterocycles. The van der Waals surface area contributed by atoms with E-state index in [0.29, 0.717) is 18.7 Å². The second kappa shape index (κ2) is 7.76. The quantitative estimate of drug-likeness (QED) is 0.480. The Kier molecular flexibility index (Phi) is 5.42. The van der Waals surface area contributed by atoms with Gasteiger partial charge < -0.3 is 14.9 Å². The van der Waals surface area contributed by atoms with Crippen molar-refractivity contribution in [2.45, 2.75) is 13.0 Å². The molecule has 0 saturated carbocycles. The molecule has 1 saturated heterocycles. The van der Waals surface area contributed by atoms with E-state index in [1.54, 1.807) is 17.0 Å². The van der Waals surface area contributed by atoms with Crippen LogP contribution in [0.2, 0.25) is 0 Å². The molecule has 1 amide bonds. The normalized spacial score (nSPS) is 19.1. The number of amides is 1. The Morgan fingerprint density at radius 2 is 1.67 bits per heavy atom. The first-order valence-corrected chi connectivity index (χ1v) is 9.09. The molecule has 0 spiro atoms. The molecule has 5 nitrogen and oxygen atoms in total. The molecule has 1 aliphatic rings. The average Bonchev–Trinajstić information content (AvgIpc) is 2.91. The van der Waals surface area contributed by atoms with Crippen LogP contribution in [0.3, 0.4) is 0 Å². The highest BCUT2D eigenvalue weighted by Gasteiger charge is 2.46. The lowest BCUT2D eigenvalue weighted by atomic mass is 9.95. The van der Waals surface area contributed by atoms with Crippen molar-refractivity contribution in [1.82, 2.24) is 4.90 Å². The van der Waals surface area contributed by atoms with Crippen LogP contribution in [-0.2, 0) is 9.59 Å². The zero-order chi connectivity index (χ0) is 19.6. The van der Waals surface area contributed by atoms with Crippen molar-refractivity contribution in [3.63, 3.8) is 0 Å². The number of nitrogens with zero attached hydrogens (tertiary/aromatic N) is 1. The van der Waals surface area contributed by atoms with E-state index in [1.165, 1.54) is 4.90 Å². The number of Topliss-reactive ketones (excluding diaryl/α,β-unsaturated/α-hetero) is 1. The van der Waals surface area contributed by atoms with Gasteiger partial charge in [0.25, 0.3) is 11.7 Å². The molecule has 1 atom stereocenters. The minimum absolute atomic E-state index is 0.123. The van der Waals surface area contributed by atoms with Crippen LogP contribution in [0, 0.1) is 6.92 Å². The van der Waals surface area contributed by atoms with Crippen molar-refractivity contribution in [2.75, 3.05) is 27.2 Å². The van der Waals surface area contributed by atoms with E-state index in [4.69, 9.17) is 0 Å². The van der Waals surface area contributed by atoms with Crippen LogP contribution in [0.25, 0.3) is 5.76 Å². The van der Waals surface area contributed by atoms with Gasteiger partial charge in [-0.15, -0.1) is 0 Å². The number of aliphatic hydroxyl groups is 1. The fraction of sp³-hybridized carbons (Fsp3) is 0.273. The van der Waals surface area contributed by atoms with Gasteiger partial charge >= 0.3 is 0 Å². The highest BCUT2D eigenvalue weighted by atomic mass is 16.3. The number of rotatable bonds is 5. The molecule has 27 heavy (non-hydrogen) atoms. The summed E-state index contributed by atoms with van der Waals surface area (Å²) in [5, 5.41) is 10.9. The predicted molar refractivity (Wildman–Crippen MR) is 104 cm³/mol. The van der Waals surface area contributed by atoms with Gasteiger partial charge in [-0.25, -0.2) is 0 Å². The van der Waals surface area contributed by atoms with Gasteiger partial charge in [0.1, 0.15) is 5.76 Å². The maximum absolute atomic E-state index is 12.8. The lowest BCUT2D eigenvalue weighted by Gasteiger charge is -2.25. The number of hydrogen-bond donors (Lipinski definition) is 2. The predicted octanol–water partition coefficient (Wildman–Crippen LogP) is 1.56. The zero-order valence-electron chi connectivity index (χ0n) is 15.9. The van der Waals surface area contributed by atoms with E-state index in [2.05, 4.69) is 0 Å². The Balaban J connectivity index is 2.12. The molecule has 0 unspecified atom stereocenters. The van der Waals surface area contributed by atoms with E-state index in [-0.39, 0.29) is 11.3 Å². The molecule has 0 aliphatic carbocycles. The molecule has 2 aromatic rings. The molecular formula is C22H25N2O3+. The smallest absolute Gasteiger partial charge is 0.295 e. The largest absolute Gasteiger partial charge is 0.507 e. The van der Waals surface area contributed by atoms with Crippen LogP contribution in [-0.4, -0.2) is 48.9 Å². The minimum atomic E-state index is -0.629. The Morgan fingerprint density at radius 3 is 2.26 bits per heavy atom. The number of ketones is 1. The molecular weight excluding hydrogens is 340 g/mol.